The van der Waals surface area contributed by atoms with E-state index in [4.69, 9.17) is 39.1 Å². The molecule has 7 heteroatoms. The van der Waals surface area contributed by atoms with Crippen LogP contribution in [0.5, 0.6) is 0 Å². The Bertz CT molecular complexity index is 902. The molecule has 0 aliphatic carbocycles. The third kappa shape index (κ3) is 2.61. The quantitative estimate of drug-likeness (QED) is 0.730. The summed E-state index contributed by atoms with van der Waals surface area (Å²) < 4.78 is 5.39. The molecule has 0 radical (unpaired) electrons. The van der Waals surface area contributed by atoms with Crippen molar-refractivity contribution in [3.8, 4) is 0 Å². The van der Waals surface area contributed by atoms with E-state index < -0.39 is 0 Å². The van der Waals surface area contributed by atoms with Crippen LogP contribution in [-0.2, 0) is 0 Å². The molecule has 0 atom stereocenters. The lowest BCUT2D eigenvalue weighted by Crippen LogP contribution is -1.99. The Balaban J connectivity index is 2.12. The predicted molar refractivity (Wildman–Crippen MR) is 90.6 cm³/mol. The molecular weight excluding hydrogens is 323 g/mol. The van der Waals surface area contributed by atoms with Gasteiger partial charge in [-0.1, -0.05) is 29.3 Å². The van der Waals surface area contributed by atoms with Crippen LogP contribution < -0.4 is 11.5 Å². The lowest BCUT2D eigenvalue weighted by molar-refractivity contribution is 0.602. The third-order valence-electron chi connectivity index (χ3n) is 3.24. The fraction of sp³-hybridized carbons (Fsp3) is 0.0667. The van der Waals surface area contributed by atoms with Crippen molar-refractivity contribution >= 4 is 57.7 Å². The van der Waals surface area contributed by atoms with Gasteiger partial charge >= 0.3 is 0 Å². The highest BCUT2D eigenvalue weighted by molar-refractivity contribution is 6.35. The average Bonchev–Trinajstić information content (AvgIpc) is 2.81. The number of nitrogens with two attached hydrogens (primary N) is 2. The Morgan fingerprint density at radius 2 is 2.00 bits per heavy atom. The Morgan fingerprint density at radius 3 is 2.73 bits per heavy atom. The minimum Gasteiger partial charge on any atom is -0.445 e. The highest BCUT2D eigenvalue weighted by Gasteiger charge is 2.12. The minimum absolute atomic E-state index is 0.0762. The number of furan rings is 1. The van der Waals surface area contributed by atoms with Crippen molar-refractivity contribution in [3.63, 3.8) is 0 Å². The number of aromatic nitrogens is 2. The van der Waals surface area contributed by atoms with Gasteiger partial charge in [0.25, 0.3) is 0 Å². The number of fused-ring (bicyclic) bond motifs is 1. The van der Waals surface area contributed by atoms with Crippen molar-refractivity contribution in [1.29, 1.82) is 0 Å². The smallest absolute Gasteiger partial charge is 0.233 e. The summed E-state index contributed by atoms with van der Waals surface area (Å²) in [5, 5.41) is 1.78. The molecule has 0 unspecified atom stereocenters. The average molecular weight is 335 g/mol. The van der Waals surface area contributed by atoms with E-state index in [0.29, 0.717) is 21.1 Å². The van der Waals surface area contributed by atoms with Crippen molar-refractivity contribution in [2.45, 2.75) is 6.92 Å². The number of halogens is 2. The standard InChI is InChI=1S/C15H12Cl2N4O/c1-7(10-3-2-9(16)5-11(10)17)4-8-6-22-14-12(8)13(18)20-15(19)21-14/h2-6H,1H3,(H4,18,19,20,21)/b7-4+. The fourth-order valence-corrected chi connectivity index (χ4v) is 2.79. The van der Waals surface area contributed by atoms with Crippen molar-refractivity contribution in [3.05, 3.63) is 45.6 Å². The molecule has 5 nitrogen and oxygen atoms in total. The van der Waals surface area contributed by atoms with Gasteiger partial charge in [0.1, 0.15) is 12.1 Å². The van der Waals surface area contributed by atoms with E-state index in [-0.39, 0.29) is 11.8 Å². The first-order chi connectivity index (χ1) is 10.5. The largest absolute Gasteiger partial charge is 0.445 e. The summed E-state index contributed by atoms with van der Waals surface area (Å²) in [5.41, 5.74) is 14.4. The molecule has 0 aliphatic heterocycles. The van der Waals surface area contributed by atoms with E-state index in [1.807, 2.05) is 19.1 Å². The molecule has 0 saturated carbocycles. The van der Waals surface area contributed by atoms with Gasteiger partial charge < -0.3 is 15.9 Å². The van der Waals surface area contributed by atoms with Gasteiger partial charge in [0.05, 0.1) is 5.39 Å². The number of hydrogen-bond donors (Lipinski definition) is 2. The van der Waals surface area contributed by atoms with E-state index in [9.17, 15) is 0 Å². The van der Waals surface area contributed by atoms with Crippen molar-refractivity contribution in [1.82, 2.24) is 9.97 Å². The van der Waals surface area contributed by atoms with Gasteiger partial charge in [0.15, 0.2) is 0 Å². The zero-order valence-corrected chi connectivity index (χ0v) is 13.1. The molecule has 0 fully saturated rings. The molecule has 0 saturated heterocycles. The first kappa shape index (κ1) is 14.7. The highest BCUT2D eigenvalue weighted by Crippen LogP contribution is 2.31. The number of nitrogen functional groups attached to an aromatic ring is 2. The topological polar surface area (TPSA) is 91.0 Å². The van der Waals surface area contributed by atoms with Crippen molar-refractivity contribution < 1.29 is 4.42 Å². The number of benzene rings is 1. The van der Waals surface area contributed by atoms with Gasteiger partial charge in [0.2, 0.25) is 11.7 Å². The molecule has 3 aromatic rings. The predicted octanol–water partition coefficient (Wildman–Crippen LogP) is 4.25. The number of nitrogens with zero attached hydrogens (tertiary/aromatic N) is 2. The maximum atomic E-state index is 6.22. The lowest BCUT2D eigenvalue weighted by atomic mass is 10.0. The summed E-state index contributed by atoms with van der Waals surface area (Å²) in [7, 11) is 0. The summed E-state index contributed by atoms with van der Waals surface area (Å²) in [4.78, 5) is 7.97. The van der Waals surface area contributed by atoms with Gasteiger partial charge in [0, 0.05) is 15.6 Å². The number of allylic oxidation sites excluding steroid dienone is 1. The second-order valence-corrected chi connectivity index (χ2v) is 5.63. The zero-order chi connectivity index (χ0) is 15.9. The van der Waals surface area contributed by atoms with Crippen molar-refractivity contribution in [2.75, 3.05) is 11.5 Å². The van der Waals surface area contributed by atoms with E-state index in [0.717, 1.165) is 16.7 Å². The molecule has 0 amide bonds. The lowest BCUT2D eigenvalue weighted by Gasteiger charge is -2.05. The summed E-state index contributed by atoms with van der Waals surface area (Å²) >= 11 is 12.1. The SMILES string of the molecule is C/C(=C\c1coc2nc(N)nc(N)c12)c1ccc(Cl)cc1Cl. The van der Waals surface area contributed by atoms with Crippen LogP contribution in [0.15, 0.2) is 28.9 Å². The second kappa shape index (κ2) is 5.51. The Labute approximate surface area is 136 Å². The van der Waals surface area contributed by atoms with Crippen LogP contribution in [0.3, 0.4) is 0 Å². The third-order valence-corrected chi connectivity index (χ3v) is 3.78. The molecule has 0 aliphatic rings. The molecule has 22 heavy (non-hydrogen) atoms. The zero-order valence-electron chi connectivity index (χ0n) is 11.6. The molecule has 2 aromatic heterocycles. The van der Waals surface area contributed by atoms with E-state index in [2.05, 4.69) is 9.97 Å². The molecule has 112 valence electrons. The van der Waals surface area contributed by atoms with Gasteiger partial charge in [-0.25, -0.2) is 0 Å². The molecular formula is C15H12Cl2N4O. The Morgan fingerprint density at radius 1 is 1.23 bits per heavy atom. The van der Waals surface area contributed by atoms with Crippen LogP contribution in [0, 0.1) is 0 Å². The molecule has 2 heterocycles. The molecule has 0 spiro atoms. The number of anilines is 2. The van der Waals surface area contributed by atoms with Crippen molar-refractivity contribution in [2.24, 2.45) is 0 Å². The van der Waals surface area contributed by atoms with Crippen LogP contribution in [0.2, 0.25) is 10.0 Å². The van der Waals surface area contributed by atoms with E-state index >= 15 is 0 Å². The summed E-state index contributed by atoms with van der Waals surface area (Å²) in [6.45, 7) is 1.93. The second-order valence-electron chi connectivity index (χ2n) is 4.79. The van der Waals surface area contributed by atoms with Gasteiger partial charge in [-0.3, -0.25) is 0 Å². The highest BCUT2D eigenvalue weighted by atomic mass is 35.5. The van der Waals surface area contributed by atoms with Gasteiger partial charge in [-0.15, -0.1) is 0 Å². The molecule has 0 bridgehead atoms. The summed E-state index contributed by atoms with van der Waals surface area (Å²) in [6.07, 6.45) is 3.46. The summed E-state index contributed by atoms with van der Waals surface area (Å²) in [6, 6.07) is 5.34. The molecule has 4 N–H and O–H groups in total. The minimum atomic E-state index is 0.0762. The monoisotopic (exact) mass is 334 g/mol. The van der Waals surface area contributed by atoms with Gasteiger partial charge in [-0.05, 0) is 36.3 Å². The van der Waals surface area contributed by atoms with E-state index in [1.165, 1.54) is 0 Å². The van der Waals surface area contributed by atoms with Crippen LogP contribution in [-0.4, -0.2) is 9.97 Å². The van der Waals surface area contributed by atoms with Crippen LogP contribution in [0.4, 0.5) is 11.8 Å². The Kier molecular flexibility index (Phi) is 3.68. The maximum absolute atomic E-state index is 6.22. The van der Waals surface area contributed by atoms with Crippen LogP contribution in [0.25, 0.3) is 22.7 Å². The molecule has 1 aromatic carbocycles. The Hall–Kier alpha value is -2.24. The summed E-state index contributed by atoms with van der Waals surface area (Å²) in [5.74, 6) is 0.352. The van der Waals surface area contributed by atoms with Gasteiger partial charge in [-0.2, -0.15) is 9.97 Å². The fourth-order valence-electron chi connectivity index (χ4n) is 2.24. The van der Waals surface area contributed by atoms with Crippen LogP contribution in [0.1, 0.15) is 18.1 Å². The normalized spacial score (nSPS) is 12.0. The number of rotatable bonds is 2. The molecule has 3 rings (SSSR count). The number of hydrogen-bond acceptors (Lipinski definition) is 5. The first-order valence-electron chi connectivity index (χ1n) is 6.39. The first-order valence-corrected chi connectivity index (χ1v) is 7.15. The van der Waals surface area contributed by atoms with E-state index in [1.54, 1.807) is 18.4 Å². The maximum Gasteiger partial charge on any atom is 0.233 e. The van der Waals surface area contributed by atoms with Crippen LogP contribution >= 0.6 is 23.2 Å².